The zero-order valence-electron chi connectivity index (χ0n) is 13.5. The van der Waals surface area contributed by atoms with E-state index in [0.29, 0.717) is 10.7 Å². The predicted octanol–water partition coefficient (Wildman–Crippen LogP) is 2.89. The van der Waals surface area contributed by atoms with Gasteiger partial charge in [-0.25, -0.2) is 4.98 Å². The Morgan fingerprint density at radius 1 is 1.42 bits per heavy atom. The molecule has 134 valence electrons. The van der Waals surface area contributed by atoms with Crippen molar-refractivity contribution in [3.8, 4) is 0 Å². The lowest BCUT2D eigenvalue weighted by atomic mass is 10.3. The molecular formula is C16H13N3O5S2. The smallest absolute Gasteiger partial charge is 0.319 e. The van der Waals surface area contributed by atoms with Crippen molar-refractivity contribution < 1.29 is 14.5 Å². The third kappa shape index (κ3) is 4.09. The summed E-state index contributed by atoms with van der Waals surface area (Å²) in [4.78, 5) is 39.7. The molecule has 0 spiro atoms. The number of thioether (sulfide) groups is 1. The van der Waals surface area contributed by atoms with Crippen LogP contribution in [0, 0.1) is 10.1 Å². The van der Waals surface area contributed by atoms with E-state index in [1.165, 1.54) is 45.7 Å². The van der Waals surface area contributed by atoms with Crippen LogP contribution in [0.15, 0.2) is 51.6 Å². The number of esters is 1. The molecule has 0 saturated carbocycles. The molecule has 0 amide bonds. The van der Waals surface area contributed by atoms with Gasteiger partial charge < -0.3 is 4.74 Å². The van der Waals surface area contributed by atoms with E-state index in [1.807, 2.05) is 0 Å². The van der Waals surface area contributed by atoms with Crippen LogP contribution in [0.2, 0.25) is 0 Å². The van der Waals surface area contributed by atoms with Crippen LogP contribution >= 0.6 is 23.1 Å². The maximum absolute atomic E-state index is 12.1. The maximum Gasteiger partial charge on any atom is 0.319 e. The van der Waals surface area contributed by atoms with E-state index in [0.717, 1.165) is 4.90 Å². The lowest BCUT2D eigenvalue weighted by Gasteiger charge is -2.11. The quantitative estimate of drug-likeness (QED) is 0.275. The Balaban J connectivity index is 1.59. The minimum atomic E-state index is -0.511. The molecule has 26 heavy (non-hydrogen) atoms. The van der Waals surface area contributed by atoms with Crippen molar-refractivity contribution in [1.82, 2.24) is 9.38 Å². The number of hydrogen-bond donors (Lipinski definition) is 0. The minimum Gasteiger partial charge on any atom is -0.458 e. The number of nitro benzene ring substituents is 1. The van der Waals surface area contributed by atoms with Gasteiger partial charge >= 0.3 is 5.97 Å². The van der Waals surface area contributed by atoms with Gasteiger partial charge in [-0.3, -0.25) is 24.1 Å². The zero-order valence-corrected chi connectivity index (χ0v) is 15.2. The molecule has 0 aliphatic rings. The van der Waals surface area contributed by atoms with Crippen LogP contribution in [0.5, 0.6) is 0 Å². The fourth-order valence-electron chi connectivity index (χ4n) is 2.12. The second kappa shape index (κ2) is 7.67. The average molecular weight is 391 g/mol. The van der Waals surface area contributed by atoms with Crippen LogP contribution in [-0.4, -0.2) is 25.5 Å². The third-order valence-corrected chi connectivity index (χ3v) is 5.26. The molecule has 3 rings (SSSR count). The van der Waals surface area contributed by atoms with Gasteiger partial charge in [-0.05, 0) is 19.1 Å². The normalized spacial score (nSPS) is 12.0. The van der Waals surface area contributed by atoms with Crippen molar-refractivity contribution >= 4 is 39.7 Å². The summed E-state index contributed by atoms with van der Waals surface area (Å²) in [6, 6.07) is 7.27. The molecule has 0 aliphatic carbocycles. The number of nitrogens with zero attached hydrogens (tertiary/aromatic N) is 3. The van der Waals surface area contributed by atoms with Crippen molar-refractivity contribution in [3.63, 3.8) is 0 Å². The molecule has 0 unspecified atom stereocenters. The van der Waals surface area contributed by atoms with Crippen molar-refractivity contribution in [1.29, 1.82) is 0 Å². The van der Waals surface area contributed by atoms with Gasteiger partial charge in [0.15, 0.2) is 4.96 Å². The topological polar surface area (TPSA) is 104 Å². The molecule has 2 aromatic heterocycles. The SMILES string of the molecule is C[C@H](Sc1ccc([N+](=O)[O-])cc1)C(=O)OCc1cc(=O)n2ccsc2n1. The number of carbonyl (C=O) groups is 1. The Morgan fingerprint density at radius 2 is 2.15 bits per heavy atom. The molecule has 2 heterocycles. The predicted molar refractivity (Wildman–Crippen MR) is 97.6 cm³/mol. The minimum absolute atomic E-state index is 0.00842. The Kier molecular flexibility index (Phi) is 5.33. The number of non-ortho nitro benzene ring substituents is 1. The summed E-state index contributed by atoms with van der Waals surface area (Å²) in [5, 5.41) is 11.9. The molecular weight excluding hydrogens is 378 g/mol. The summed E-state index contributed by atoms with van der Waals surface area (Å²) in [6.45, 7) is 1.59. The summed E-state index contributed by atoms with van der Waals surface area (Å²) in [6.07, 6.45) is 1.63. The Labute approximate surface area is 155 Å². The van der Waals surface area contributed by atoms with Gasteiger partial charge in [-0.1, -0.05) is 0 Å². The number of thiazole rings is 1. The maximum atomic E-state index is 12.1. The monoisotopic (exact) mass is 391 g/mol. The van der Waals surface area contributed by atoms with Gasteiger partial charge in [0.05, 0.1) is 10.6 Å². The van der Waals surface area contributed by atoms with Gasteiger partial charge in [0.2, 0.25) is 0 Å². The lowest BCUT2D eigenvalue weighted by Crippen LogP contribution is -2.19. The summed E-state index contributed by atoms with van der Waals surface area (Å²) in [5.41, 5.74) is 0.153. The lowest BCUT2D eigenvalue weighted by molar-refractivity contribution is -0.384. The molecule has 0 N–H and O–H groups in total. The standard InChI is InChI=1S/C16H13N3O5S2/c1-10(26-13-4-2-12(3-5-13)19(22)23)15(21)24-9-11-8-14(20)18-6-7-25-16(18)17-11/h2-8,10H,9H2,1H3/t10-/m0/s1. The zero-order chi connectivity index (χ0) is 18.7. The second-order valence-corrected chi connectivity index (χ2v) is 7.55. The summed E-state index contributed by atoms with van der Waals surface area (Å²) in [5.74, 6) is -0.457. The van der Waals surface area contributed by atoms with E-state index in [2.05, 4.69) is 4.98 Å². The van der Waals surface area contributed by atoms with Gasteiger partial charge in [-0.2, -0.15) is 0 Å². The molecule has 10 heteroatoms. The largest absolute Gasteiger partial charge is 0.458 e. The summed E-state index contributed by atoms with van der Waals surface area (Å²) in [7, 11) is 0. The molecule has 1 aromatic carbocycles. The molecule has 0 fully saturated rings. The summed E-state index contributed by atoms with van der Waals surface area (Å²) >= 11 is 2.55. The molecule has 3 aromatic rings. The van der Waals surface area contributed by atoms with Crippen LogP contribution in [-0.2, 0) is 16.1 Å². The average Bonchev–Trinajstić information content (AvgIpc) is 3.09. The van der Waals surface area contributed by atoms with E-state index in [-0.39, 0.29) is 17.9 Å². The molecule has 0 saturated heterocycles. The fourth-order valence-corrected chi connectivity index (χ4v) is 3.73. The number of rotatable bonds is 6. The number of hydrogen-bond acceptors (Lipinski definition) is 8. The van der Waals surface area contributed by atoms with Crippen LogP contribution in [0.4, 0.5) is 5.69 Å². The van der Waals surface area contributed by atoms with Crippen molar-refractivity contribution in [2.45, 2.75) is 23.7 Å². The molecule has 1 atom stereocenters. The number of ether oxygens (including phenoxy) is 1. The Morgan fingerprint density at radius 3 is 2.85 bits per heavy atom. The number of aromatic nitrogens is 2. The van der Waals surface area contributed by atoms with Gasteiger partial charge in [0, 0.05) is 34.7 Å². The number of carbonyl (C=O) groups excluding carboxylic acids is 1. The highest BCUT2D eigenvalue weighted by Crippen LogP contribution is 2.26. The van der Waals surface area contributed by atoms with E-state index >= 15 is 0 Å². The van der Waals surface area contributed by atoms with Crippen molar-refractivity contribution in [3.05, 3.63) is 68.1 Å². The highest BCUT2D eigenvalue weighted by Gasteiger charge is 2.17. The van der Waals surface area contributed by atoms with E-state index in [4.69, 9.17) is 4.74 Å². The van der Waals surface area contributed by atoms with E-state index < -0.39 is 16.1 Å². The molecule has 0 bridgehead atoms. The first-order valence-electron chi connectivity index (χ1n) is 7.47. The van der Waals surface area contributed by atoms with Gasteiger partial charge in [0.1, 0.15) is 11.9 Å². The van der Waals surface area contributed by atoms with E-state index in [9.17, 15) is 19.7 Å². The van der Waals surface area contributed by atoms with Crippen LogP contribution in [0.3, 0.4) is 0 Å². The van der Waals surface area contributed by atoms with Gasteiger partial charge in [-0.15, -0.1) is 23.1 Å². The summed E-state index contributed by atoms with van der Waals surface area (Å²) < 4.78 is 6.65. The Bertz CT molecular complexity index is 1010. The van der Waals surface area contributed by atoms with Gasteiger partial charge in [0.25, 0.3) is 11.2 Å². The number of nitro groups is 1. The Hall–Kier alpha value is -2.72. The molecule has 8 nitrogen and oxygen atoms in total. The van der Waals surface area contributed by atoms with E-state index in [1.54, 1.807) is 30.6 Å². The number of fused-ring (bicyclic) bond motifs is 1. The highest BCUT2D eigenvalue weighted by atomic mass is 32.2. The molecule has 0 radical (unpaired) electrons. The molecule has 0 aliphatic heterocycles. The van der Waals surface area contributed by atoms with Crippen LogP contribution < -0.4 is 5.56 Å². The fraction of sp³-hybridized carbons (Fsp3) is 0.188. The van der Waals surface area contributed by atoms with Crippen LogP contribution in [0.1, 0.15) is 12.6 Å². The third-order valence-electron chi connectivity index (χ3n) is 3.41. The van der Waals surface area contributed by atoms with Crippen molar-refractivity contribution in [2.24, 2.45) is 0 Å². The highest BCUT2D eigenvalue weighted by molar-refractivity contribution is 8.00. The first-order chi connectivity index (χ1) is 12.4. The number of benzene rings is 1. The first-order valence-corrected chi connectivity index (χ1v) is 9.23. The first kappa shape index (κ1) is 18.1. The van der Waals surface area contributed by atoms with Crippen LogP contribution in [0.25, 0.3) is 4.96 Å². The second-order valence-electron chi connectivity index (χ2n) is 5.26. The van der Waals surface area contributed by atoms with Crippen molar-refractivity contribution in [2.75, 3.05) is 0 Å².